The number of amides is 1. The third-order valence-corrected chi connectivity index (χ3v) is 4.03. The molecule has 0 aliphatic heterocycles. The Hall–Kier alpha value is -1.30. The minimum absolute atomic E-state index is 0.267. The molecule has 0 heterocycles. The van der Waals surface area contributed by atoms with Gasteiger partial charge in [-0.1, -0.05) is 26.0 Å². The van der Waals surface area contributed by atoms with Crippen molar-refractivity contribution in [2.45, 2.75) is 46.1 Å². The second kappa shape index (κ2) is 6.22. The van der Waals surface area contributed by atoms with E-state index in [4.69, 9.17) is 0 Å². The number of halogens is 2. The first-order valence-corrected chi connectivity index (χ1v) is 7.15. The fourth-order valence-electron chi connectivity index (χ4n) is 2.60. The Morgan fingerprint density at radius 1 is 1.38 bits per heavy atom. The van der Waals surface area contributed by atoms with Crippen LogP contribution < -0.4 is 0 Å². The van der Waals surface area contributed by atoms with Crippen molar-refractivity contribution in [3.63, 3.8) is 0 Å². The number of rotatable bonds is 3. The first-order chi connectivity index (χ1) is 9.59. The Kier molecular flexibility index (Phi) is 5.25. The van der Waals surface area contributed by atoms with Gasteiger partial charge in [0.1, 0.15) is 12.0 Å². The normalized spacial score (nSPS) is 29.4. The highest BCUT2D eigenvalue weighted by atomic mass is 19.3. The quantitative estimate of drug-likeness (QED) is 0.641. The molecule has 1 aliphatic rings. The van der Waals surface area contributed by atoms with Gasteiger partial charge in [0.05, 0.1) is 0 Å². The van der Waals surface area contributed by atoms with Gasteiger partial charge in [0.2, 0.25) is 11.7 Å². The van der Waals surface area contributed by atoms with Crippen molar-refractivity contribution < 1.29 is 23.5 Å². The molecule has 0 aromatic rings. The second-order valence-corrected chi connectivity index (χ2v) is 6.00. The molecule has 0 aromatic heterocycles. The molecule has 0 fully saturated rings. The molecule has 0 bridgehead atoms. The summed E-state index contributed by atoms with van der Waals surface area (Å²) >= 11 is 0. The average molecular weight is 303 g/mol. The smallest absolute Gasteiger partial charge is 0.334 e. The molecular weight excluding hydrogens is 280 g/mol. The average Bonchev–Trinajstić information content (AvgIpc) is 2.38. The lowest BCUT2D eigenvalue weighted by atomic mass is 9.70. The highest BCUT2D eigenvalue weighted by Crippen LogP contribution is 2.40. The van der Waals surface area contributed by atoms with Crippen LogP contribution in [0.25, 0.3) is 0 Å². The molecule has 1 amide bonds. The molecule has 0 spiro atoms. The SMILES string of the molecule is CCN(CC)C(=O)[C@@H]1C(=O)C(F)(F)[C@H](O)/C=C\CC1(C)C. The van der Waals surface area contributed by atoms with E-state index in [1.54, 1.807) is 27.7 Å². The van der Waals surface area contributed by atoms with E-state index in [0.29, 0.717) is 13.1 Å². The van der Waals surface area contributed by atoms with Crippen LogP contribution in [-0.4, -0.2) is 46.8 Å². The van der Waals surface area contributed by atoms with E-state index in [1.165, 1.54) is 11.0 Å². The van der Waals surface area contributed by atoms with Gasteiger partial charge in [0.15, 0.2) is 0 Å². The number of alkyl halides is 2. The summed E-state index contributed by atoms with van der Waals surface area (Å²) in [5.41, 5.74) is -0.934. The van der Waals surface area contributed by atoms with Gasteiger partial charge in [0, 0.05) is 13.1 Å². The van der Waals surface area contributed by atoms with Gasteiger partial charge < -0.3 is 10.0 Å². The number of nitrogens with zero attached hydrogens (tertiary/aromatic N) is 1. The molecule has 2 atom stereocenters. The number of hydrogen-bond acceptors (Lipinski definition) is 3. The minimum atomic E-state index is -3.96. The van der Waals surface area contributed by atoms with Crippen molar-refractivity contribution in [2.75, 3.05) is 13.1 Å². The van der Waals surface area contributed by atoms with Crippen LogP contribution in [0.2, 0.25) is 0 Å². The van der Waals surface area contributed by atoms with E-state index in [-0.39, 0.29) is 6.42 Å². The maximum Gasteiger partial charge on any atom is 0.334 e. The molecule has 1 rings (SSSR count). The van der Waals surface area contributed by atoms with Crippen LogP contribution in [-0.2, 0) is 9.59 Å². The lowest BCUT2D eigenvalue weighted by Gasteiger charge is -2.38. The number of aliphatic hydroxyl groups is 1. The molecule has 0 saturated heterocycles. The number of ketones is 1. The summed E-state index contributed by atoms with van der Waals surface area (Å²) in [4.78, 5) is 26.1. The van der Waals surface area contributed by atoms with Crippen molar-refractivity contribution >= 4 is 11.7 Å². The summed E-state index contributed by atoms with van der Waals surface area (Å²) in [6.07, 6.45) is 0.419. The Morgan fingerprint density at radius 2 is 1.90 bits per heavy atom. The molecule has 21 heavy (non-hydrogen) atoms. The number of Topliss-reactive ketones (excluding diaryl/α,β-unsaturated/α-hetero) is 1. The first kappa shape index (κ1) is 17.8. The number of hydrogen-bond donors (Lipinski definition) is 1. The van der Waals surface area contributed by atoms with Gasteiger partial charge in [0.25, 0.3) is 0 Å². The van der Waals surface area contributed by atoms with E-state index < -0.39 is 35.0 Å². The second-order valence-electron chi connectivity index (χ2n) is 6.00. The fraction of sp³-hybridized carbons (Fsp3) is 0.733. The number of allylic oxidation sites excluding steroid dienone is 1. The van der Waals surface area contributed by atoms with Crippen LogP contribution in [0.5, 0.6) is 0 Å². The summed E-state index contributed by atoms with van der Waals surface area (Å²) in [5, 5.41) is 9.45. The highest BCUT2D eigenvalue weighted by molar-refractivity contribution is 6.05. The van der Waals surface area contributed by atoms with E-state index in [9.17, 15) is 23.5 Å². The fourth-order valence-corrected chi connectivity index (χ4v) is 2.60. The number of aliphatic hydroxyl groups excluding tert-OH is 1. The molecule has 0 radical (unpaired) electrons. The van der Waals surface area contributed by atoms with Gasteiger partial charge in [-0.05, 0) is 25.7 Å². The summed E-state index contributed by atoms with van der Waals surface area (Å²) in [5.74, 6) is -7.52. The molecule has 6 heteroatoms. The Morgan fingerprint density at radius 3 is 2.38 bits per heavy atom. The van der Waals surface area contributed by atoms with Gasteiger partial charge >= 0.3 is 5.92 Å². The lowest BCUT2D eigenvalue weighted by molar-refractivity contribution is -0.170. The topological polar surface area (TPSA) is 57.6 Å². The minimum Gasteiger partial charge on any atom is -0.382 e. The molecule has 1 N–H and O–H groups in total. The monoisotopic (exact) mass is 303 g/mol. The van der Waals surface area contributed by atoms with E-state index in [2.05, 4.69) is 0 Å². The third kappa shape index (κ3) is 3.31. The van der Waals surface area contributed by atoms with Crippen molar-refractivity contribution in [3.05, 3.63) is 12.2 Å². The maximum atomic E-state index is 14.0. The van der Waals surface area contributed by atoms with Crippen molar-refractivity contribution in [1.82, 2.24) is 4.90 Å². The highest BCUT2D eigenvalue weighted by Gasteiger charge is 2.55. The predicted molar refractivity (Wildman–Crippen MR) is 74.9 cm³/mol. The van der Waals surface area contributed by atoms with Crippen LogP contribution in [0.15, 0.2) is 12.2 Å². The summed E-state index contributed by atoms with van der Waals surface area (Å²) in [6, 6.07) is 0. The van der Waals surface area contributed by atoms with Crippen LogP contribution in [0, 0.1) is 11.3 Å². The van der Waals surface area contributed by atoms with E-state index >= 15 is 0 Å². The van der Waals surface area contributed by atoms with Crippen LogP contribution >= 0.6 is 0 Å². The summed E-state index contributed by atoms with van der Waals surface area (Å²) in [7, 11) is 0. The molecule has 120 valence electrons. The lowest BCUT2D eigenvalue weighted by Crippen LogP contribution is -2.54. The number of carbonyl (C=O) groups is 2. The van der Waals surface area contributed by atoms with Gasteiger partial charge in [-0.2, -0.15) is 8.78 Å². The molecule has 1 aliphatic carbocycles. The standard InChI is InChI=1S/C15H23F2NO3/c1-5-18(6-2)13(21)11-12(20)15(16,17)10(19)8-7-9-14(11,3)4/h7-8,10-11,19H,5-6,9H2,1-4H3/b8-7-/t10-,11+/m1/s1. The van der Waals surface area contributed by atoms with E-state index in [0.717, 1.165) is 6.08 Å². The van der Waals surface area contributed by atoms with Crippen LogP contribution in [0.4, 0.5) is 8.78 Å². The largest absolute Gasteiger partial charge is 0.382 e. The molecular formula is C15H23F2NO3. The third-order valence-electron chi connectivity index (χ3n) is 4.03. The molecule has 4 nitrogen and oxygen atoms in total. The summed E-state index contributed by atoms with van der Waals surface area (Å²) < 4.78 is 28.1. The van der Waals surface area contributed by atoms with Crippen molar-refractivity contribution in [2.24, 2.45) is 11.3 Å². The van der Waals surface area contributed by atoms with Crippen molar-refractivity contribution in [3.8, 4) is 0 Å². The molecule has 0 aromatic carbocycles. The summed E-state index contributed by atoms with van der Waals surface area (Å²) in [6.45, 7) is 7.39. The van der Waals surface area contributed by atoms with E-state index in [1.807, 2.05) is 0 Å². The van der Waals surface area contributed by atoms with Gasteiger partial charge in [-0.15, -0.1) is 0 Å². The Labute approximate surface area is 123 Å². The molecule has 0 unspecified atom stereocenters. The van der Waals surface area contributed by atoms with Gasteiger partial charge in [-0.25, -0.2) is 0 Å². The zero-order valence-electron chi connectivity index (χ0n) is 12.9. The van der Waals surface area contributed by atoms with Gasteiger partial charge in [-0.3, -0.25) is 9.59 Å². The van der Waals surface area contributed by atoms with Crippen LogP contribution in [0.3, 0.4) is 0 Å². The predicted octanol–water partition coefficient (Wildman–Crippen LogP) is 2.02. The Bertz CT molecular complexity index is 442. The number of carbonyl (C=O) groups excluding carboxylic acids is 2. The zero-order valence-corrected chi connectivity index (χ0v) is 12.9. The van der Waals surface area contributed by atoms with Crippen molar-refractivity contribution in [1.29, 1.82) is 0 Å². The molecule has 0 saturated carbocycles. The first-order valence-electron chi connectivity index (χ1n) is 7.15. The van der Waals surface area contributed by atoms with Crippen LogP contribution in [0.1, 0.15) is 34.1 Å². The zero-order chi connectivity index (χ0) is 16.4. The Balaban J connectivity index is 3.32. The maximum absolute atomic E-state index is 14.0.